The van der Waals surface area contributed by atoms with E-state index in [1.54, 1.807) is 12.4 Å². The standard InChI is InChI=1S/C21H22ClFN6/c22-18-13-27-21(28-16-4-6-24-7-5-16)9-17(18)19-2-1-3-20(29-19)26-11-14-8-15(23)12-25-10-14/h1-3,8-10,12-13,16,24H,4-7,11H2,(H,26,29)(H,27,28). The van der Waals surface area contributed by atoms with Crippen molar-refractivity contribution < 1.29 is 4.39 Å². The first-order chi connectivity index (χ1) is 14.2. The van der Waals surface area contributed by atoms with Gasteiger partial charge in [0.2, 0.25) is 0 Å². The average molecular weight is 413 g/mol. The Kier molecular flexibility index (Phi) is 6.17. The Hall–Kier alpha value is -2.77. The summed E-state index contributed by atoms with van der Waals surface area (Å²) in [5, 5.41) is 10.6. The maximum atomic E-state index is 13.3. The first kappa shape index (κ1) is 19.5. The van der Waals surface area contributed by atoms with Crippen molar-refractivity contribution in [2.75, 3.05) is 23.7 Å². The summed E-state index contributed by atoms with van der Waals surface area (Å²) < 4.78 is 13.3. The Morgan fingerprint density at radius 2 is 1.97 bits per heavy atom. The minimum absolute atomic E-state index is 0.358. The normalized spacial score (nSPS) is 14.6. The van der Waals surface area contributed by atoms with Crippen LogP contribution in [-0.2, 0) is 6.54 Å². The lowest BCUT2D eigenvalue weighted by atomic mass is 10.1. The van der Waals surface area contributed by atoms with Crippen LogP contribution >= 0.6 is 11.6 Å². The highest BCUT2D eigenvalue weighted by molar-refractivity contribution is 6.33. The summed E-state index contributed by atoms with van der Waals surface area (Å²) in [7, 11) is 0. The molecule has 0 saturated carbocycles. The minimum atomic E-state index is -0.358. The fraction of sp³-hybridized carbons (Fsp3) is 0.286. The van der Waals surface area contributed by atoms with E-state index in [4.69, 9.17) is 11.6 Å². The number of hydrogen-bond acceptors (Lipinski definition) is 6. The highest BCUT2D eigenvalue weighted by Crippen LogP contribution is 2.29. The molecule has 0 unspecified atom stereocenters. The van der Waals surface area contributed by atoms with Crippen LogP contribution in [0.1, 0.15) is 18.4 Å². The van der Waals surface area contributed by atoms with Crippen LogP contribution in [0.5, 0.6) is 0 Å². The molecule has 4 rings (SSSR count). The van der Waals surface area contributed by atoms with E-state index in [-0.39, 0.29) is 5.82 Å². The van der Waals surface area contributed by atoms with E-state index < -0.39 is 0 Å². The van der Waals surface area contributed by atoms with Gasteiger partial charge >= 0.3 is 0 Å². The lowest BCUT2D eigenvalue weighted by Crippen LogP contribution is -2.35. The quantitative estimate of drug-likeness (QED) is 0.565. The van der Waals surface area contributed by atoms with Crippen molar-refractivity contribution in [1.82, 2.24) is 20.3 Å². The fourth-order valence-electron chi connectivity index (χ4n) is 3.32. The second-order valence-corrected chi connectivity index (χ2v) is 7.40. The summed E-state index contributed by atoms with van der Waals surface area (Å²) in [5.74, 6) is 1.11. The molecule has 4 heterocycles. The van der Waals surface area contributed by atoms with Gasteiger partial charge in [0, 0.05) is 30.5 Å². The van der Waals surface area contributed by atoms with Gasteiger partial charge in [0.25, 0.3) is 0 Å². The maximum absolute atomic E-state index is 13.3. The van der Waals surface area contributed by atoms with E-state index >= 15 is 0 Å². The van der Waals surface area contributed by atoms with Gasteiger partial charge in [0.1, 0.15) is 17.5 Å². The molecule has 29 heavy (non-hydrogen) atoms. The molecule has 0 aliphatic carbocycles. The molecule has 0 spiro atoms. The van der Waals surface area contributed by atoms with Crippen molar-refractivity contribution in [1.29, 1.82) is 0 Å². The van der Waals surface area contributed by atoms with Gasteiger partial charge in [-0.15, -0.1) is 0 Å². The van der Waals surface area contributed by atoms with E-state index in [0.717, 1.165) is 48.6 Å². The van der Waals surface area contributed by atoms with Crippen molar-refractivity contribution in [2.45, 2.75) is 25.4 Å². The number of pyridine rings is 3. The molecular weight excluding hydrogens is 391 g/mol. The number of rotatable bonds is 6. The van der Waals surface area contributed by atoms with Gasteiger partial charge in [0.15, 0.2) is 0 Å². The SMILES string of the molecule is Fc1cncc(CNc2cccc(-c3cc(NC4CCNCC4)ncc3Cl)n2)c1. The number of hydrogen-bond donors (Lipinski definition) is 3. The second-order valence-electron chi connectivity index (χ2n) is 6.99. The molecule has 3 aromatic rings. The molecule has 3 aromatic heterocycles. The lowest BCUT2D eigenvalue weighted by molar-refractivity contribution is 0.478. The third-order valence-corrected chi connectivity index (χ3v) is 5.11. The third kappa shape index (κ3) is 5.19. The molecule has 3 N–H and O–H groups in total. The van der Waals surface area contributed by atoms with Crippen LogP contribution in [0.2, 0.25) is 5.02 Å². The summed E-state index contributed by atoms with van der Waals surface area (Å²) in [4.78, 5) is 12.9. The van der Waals surface area contributed by atoms with Crippen LogP contribution in [0, 0.1) is 5.82 Å². The van der Waals surface area contributed by atoms with Gasteiger partial charge in [-0.25, -0.2) is 14.4 Å². The van der Waals surface area contributed by atoms with E-state index in [1.165, 1.54) is 12.3 Å². The Balaban J connectivity index is 1.50. The van der Waals surface area contributed by atoms with E-state index in [0.29, 0.717) is 23.4 Å². The fourth-order valence-corrected chi connectivity index (χ4v) is 3.52. The van der Waals surface area contributed by atoms with Gasteiger partial charge in [-0.3, -0.25) is 4.98 Å². The van der Waals surface area contributed by atoms with Gasteiger partial charge in [-0.05, 0) is 55.8 Å². The Labute approximate surface area is 174 Å². The second kappa shape index (κ2) is 9.15. The van der Waals surface area contributed by atoms with Crippen molar-refractivity contribution >= 4 is 23.2 Å². The summed E-state index contributed by atoms with van der Waals surface area (Å²) in [5.41, 5.74) is 2.30. The van der Waals surface area contributed by atoms with Crippen LogP contribution in [0.15, 0.2) is 48.9 Å². The van der Waals surface area contributed by atoms with Crippen LogP contribution in [0.25, 0.3) is 11.3 Å². The van der Waals surface area contributed by atoms with Gasteiger partial charge in [-0.2, -0.15) is 0 Å². The summed E-state index contributed by atoms with van der Waals surface area (Å²) in [6, 6.07) is 9.46. The molecule has 0 aromatic carbocycles. The molecule has 0 bridgehead atoms. The number of nitrogens with one attached hydrogen (secondary N) is 3. The molecule has 1 saturated heterocycles. The maximum Gasteiger partial charge on any atom is 0.141 e. The van der Waals surface area contributed by atoms with Crippen molar-refractivity contribution in [3.05, 3.63) is 65.3 Å². The number of nitrogens with zero attached hydrogens (tertiary/aromatic N) is 3. The number of piperidine rings is 1. The smallest absolute Gasteiger partial charge is 0.141 e. The van der Waals surface area contributed by atoms with Crippen molar-refractivity contribution in [3.8, 4) is 11.3 Å². The Morgan fingerprint density at radius 3 is 2.79 bits per heavy atom. The predicted molar refractivity (Wildman–Crippen MR) is 114 cm³/mol. The summed E-state index contributed by atoms with van der Waals surface area (Å²) >= 11 is 6.41. The minimum Gasteiger partial charge on any atom is -0.367 e. The van der Waals surface area contributed by atoms with Crippen LogP contribution < -0.4 is 16.0 Å². The topological polar surface area (TPSA) is 74.8 Å². The molecule has 1 aliphatic heterocycles. The molecule has 0 atom stereocenters. The molecule has 8 heteroatoms. The lowest BCUT2D eigenvalue weighted by Gasteiger charge is -2.24. The van der Waals surface area contributed by atoms with Crippen molar-refractivity contribution in [3.63, 3.8) is 0 Å². The zero-order valence-corrected chi connectivity index (χ0v) is 16.6. The zero-order chi connectivity index (χ0) is 20.1. The highest BCUT2D eigenvalue weighted by Gasteiger charge is 2.15. The first-order valence-corrected chi connectivity index (χ1v) is 9.99. The average Bonchev–Trinajstić information content (AvgIpc) is 2.75. The molecule has 0 amide bonds. The monoisotopic (exact) mass is 412 g/mol. The number of aromatic nitrogens is 3. The van der Waals surface area contributed by atoms with E-state index in [2.05, 4.69) is 30.9 Å². The highest BCUT2D eigenvalue weighted by atomic mass is 35.5. The van der Waals surface area contributed by atoms with Gasteiger partial charge in [0.05, 0.1) is 16.9 Å². The number of anilines is 2. The largest absolute Gasteiger partial charge is 0.367 e. The van der Waals surface area contributed by atoms with Crippen LogP contribution in [0.3, 0.4) is 0 Å². The zero-order valence-electron chi connectivity index (χ0n) is 15.8. The molecule has 1 fully saturated rings. The van der Waals surface area contributed by atoms with Crippen molar-refractivity contribution in [2.24, 2.45) is 0 Å². The number of halogens is 2. The molecule has 0 radical (unpaired) electrons. The molecule has 1 aliphatic rings. The predicted octanol–water partition coefficient (Wildman–Crippen LogP) is 4.11. The van der Waals surface area contributed by atoms with Crippen LogP contribution in [0.4, 0.5) is 16.0 Å². The molecular formula is C21H22ClFN6. The van der Waals surface area contributed by atoms with E-state index in [1.807, 2.05) is 24.3 Å². The Bertz CT molecular complexity index is 977. The molecule has 150 valence electrons. The third-order valence-electron chi connectivity index (χ3n) is 4.81. The Morgan fingerprint density at radius 1 is 1.10 bits per heavy atom. The summed E-state index contributed by atoms with van der Waals surface area (Å²) in [6.07, 6.45) is 6.58. The van der Waals surface area contributed by atoms with Crippen LogP contribution in [-0.4, -0.2) is 34.1 Å². The van der Waals surface area contributed by atoms with Gasteiger partial charge < -0.3 is 16.0 Å². The van der Waals surface area contributed by atoms with Gasteiger partial charge in [-0.1, -0.05) is 17.7 Å². The molecule has 6 nitrogen and oxygen atoms in total. The van der Waals surface area contributed by atoms with E-state index in [9.17, 15) is 4.39 Å². The summed E-state index contributed by atoms with van der Waals surface area (Å²) in [6.45, 7) is 2.44. The first-order valence-electron chi connectivity index (χ1n) is 9.61.